The number of rotatable bonds is 79. The Kier molecular flexibility index (Phi) is 71.3. The molecule has 17 nitrogen and oxygen atoms in total. The first-order valence-corrected chi connectivity index (χ1v) is 44.8. The van der Waals surface area contributed by atoms with Gasteiger partial charge < -0.3 is 33.8 Å². The molecule has 0 heterocycles. The van der Waals surface area contributed by atoms with Crippen LogP contribution >= 0.6 is 15.6 Å². The molecule has 101 heavy (non-hydrogen) atoms. The highest BCUT2D eigenvalue weighted by Gasteiger charge is 2.30. The molecule has 0 saturated carbocycles. The highest BCUT2D eigenvalue weighted by Crippen LogP contribution is 2.45. The van der Waals surface area contributed by atoms with Crippen molar-refractivity contribution in [3.8, 4) is 0 Å². The highest BCUT2D eigenvalue weighted by molar-refractivity contribution is 7.47. The molecule has 3 N–H and O–H groups in total. The maximum absolute atomic E-state index is 13.1. The summed E-state index contributed by atoms with van der Waals surface area (Å²) < 4.78 is 68.7. The van der Waals surface area contributed by atoms with Crippen LogP contribution in [0.2, 0.25) is 0 Å². The average molecular weight is 1480 g/mol. The van der Waals surface area contributed by atoms with Gasteiger partial charge in [-0.15, -0.1) is 0 Å². The first-order chi connectivity index (χ1) is 48.9. The van der Waals surface area contributed by atoms with Crippen molar-refractivity contribution in [2.75, 3.05) is 39.6 Å². The minimum absolute atomic E-state index is 0.102. The number of unbranched alkanes of at least 4 members (excludes halogenated alkanes) is 46. The molecule has 0 aromatic heterocycles. The van der Waals surface area contributed by atoms with Gasteiger partial charge >= 0.3 is 39.5 Å². The lowest BCUT2D eigenvalue weighted by molar-refractivity contribution is -0.161. The maximum atomic E-state index is 13.1. The van der Waals surface area contributed by atoms with Crippen LogP contribution in [-0.2, 0) is 65.4 Å². The Bertz CT molecular complexity index is 2040. The molecule has 0 aliphatic heterocycles. The molecule has 0 fully saturated rings. The molecule has 5 atom stereocenters. The Morgan fingerprint density at radius 3 is 0.812 bits per heavy atom. The minimum Gasteiger partial charge on any atom is -0.462 e. The largest absolute Gasteiger partial charge is 0.472 e. The van der Waals surface area contributed by atoms with Gasteiger partial charge in [0.05, 0.1) is 26.4 Å². The summed E-state index contributed by atoms with van der Waals surface area (Å²) in [7, 11) is -9.93. The molecular formula is C82H156O17P2. The standard InChI is InChI=1S/C82H156O17P2/c1-7-9-11-13-15-17-19-21-23-24-25-26-27-28-29-31-33-35-40-48-54-60-66-81(86)98-77(70-92-79(84)64-58-52-46-39-34-32-30-22-20-18-16-14-12-10-8-2)72-96-100(88,89)94-68-76(83)69-95-101(90,91)97-73-78(71-93-80(85)65-59-53-47-43-42-45-51-57-63-75(5)6)99-82(87)67-61-55-49-41-37-36-38-44-50-56-62-74(3)4/h18,20,22,30,74-78,83H,7-17,19,21,23-29,31-73H2,1-6H3,(H,88,89)(H,90,91)/b20-18-,30-22-/t76-,77-,78-/m1/s1. The predicted molar refractivity (Wildman–Crippen MR) is 414 cm³/mol. The molecule has 2 unspecified atom stereocenters. The van der Waals surface area contributed by atoms with Gasteiger partial charge in [0, 0.05) is 25.7 Å². The zero-order valence-corrected chi connectivity index (χ0v) is 67.5. The smallest absolute Gasteiger partial charge is 0.462 e. The van der Waals surface area contributed by atoms with Crippen molar-refractivity contribution >= 4 is 39.5 Å². The van der Waals surface area contributed by atoms with E-state index in [1.165, 1.54) is 205 Å². The van der Waals surface area contributed by atoms with Crippen LogP contribution in [-0.4, -0.2) is 96.7 Å². The molecule has 0 radical (unpaired) electrons. The number of hydrogen-bond acceptors (Lipinski definition) is 15. The third kappa shape index (κ3) is 75.6. The monoisotopic (exact) mass is 1480 g/mol. The summed E-state index contributed by atoms with van der Waals surface area (Å²) in [6.45, 7) is 9.52. The molecule has 0 rings (SSSR count). The van der Waals surface area contributed by atoms with E-state index in [1.54, 1.807) is 0 Å². The fraction of sp³-hybridized carbons (Fsp3) is 0.902. The van der Waals surface area contributed by atoms with E-state index in [0.717, 1.165) is 121 Å². The molecule has 0 aliphatic carbocycles. The molecule has 0 aromatic carbocycles. The van der Waals surface area contributed by atoms with Gasteiger partial charge in [-0.05, 0) is 63.2 Å². The van der Waals surface area contributed by atoms with Crippen LogP contribution in [0.15, 0.2) is 24.3 Å². The lowest BCUT2D eigenvalue weighted by Gasteiger charge is -2.21. The first kappa shape index (κ1) is 98.5. The fourth-order valence-corrected chi connectivity index (χ4v) is 13.8. The zero-order chi connectivity index (χ0) is 74.2. The molecule has 0 bridgehead atoms. The van der Waals surface area contributed by atoms with Gasteiger partial charge in [-0.25, -0.2) is 9.13 Å². The highest BCUT2D eigenvalue weighted by atomic mass is 31.2. The first-order valence-electron chi connectivity index (χ1n) is 41.8. The summed E-state index contributed by atoms with van der Waals surface area (Å²) in [6.07, 6.45) is 66.2. The summed E-state index contributed by atoms with van der Waals surface area (Å²) in [5.41, 5.74) is 0. The van der Waals surface area contributed by atoms with E-state index >= 15 is 0 Å². The van der Waals surface area contributed by atoms with Gasteiger partial charge in [0.2, 0.25) is 0 Å². The van der Waals surface area contributed by atoms with Gasteiger partial charge in [0.15, 0.2) is 12.2 Å². The van der Waals surface area contributed by atoms with Crippen LogP contribution < -0.4 is 0 Å². The topological polar surface area (TPSA) is 237 Å². The van der Waals surface area contributed by atoms with Crippen LogP contribution in [0, 0.1) is 11.8 Å². The lowest BCUT2D eigenvalue weighted by atomic mass is 10.0. The molecule has 0 saturated heterocycles. The van der Waals surface area contributed by atoms with Crippen molar-refractivity contribution in [2.24, 2.45) is 11.8 Å². The second-order valence-corrected chi connectivity index (χ2v) is 32.7. The van der Waals surface area contributed by atoms with Gasteiger partial charge in [0.25, 0.3) is 0 Å². The van der Waals surface area contributed by atoms with E-state index in [-0.39, 0.29) is 25.7 Å². The van der Waals surface area contributed by atoms with Crippen molar-refractivity contribution in [3.63, 3.8) is 0 Å². The van der Waals surface area contributed by atoms with Crippen LogP contribution in [0.5, 0.6) is 0 Å². The zero-order valence-electron chi connectivity index (χ0n) is 65.7. The number of allylic oxidation sites excluding steroid dienone is 4. The van der Waals surface area contributed by atoms with E-state index in [2.05, 4.69) is 65.8 Å². The molecule has 0 spiro atoms. The summed E-state index contributed by atoms with van der Waals surface area (Å²) in [5.74, 6) is -0.666. The van der Waals surface area contributed by atoms with Crippen LogP contribution in [0.4, 0.5) is 0 Å². The SMILES string of the molecule is CCCCCC/C=C\C=C/CCCCCCCC(=O)OC[C@H](COP(=O)(O)OC[C@@H](O)COP(=O)(O)OC[C@@H](COC(=O)CCCCCCCCCCC(C)C)OC(=O)CCCCCCCCCCCCC(C)C)OC(=O)CCCCCCCCCCCCCCCCCCCCCCCC. The average Bonchev–Trinajstić information content (AvgIpc) is 1.10. The Labute approximate surface area is 618 Å². The van der Waals surface area contributed by atoms with E-state index in [1.807, 2.05) is 0 Å². The number of carbonyl (C=O) groups is 4. The van der Waals surface area contributed by atoms with E-state index in [4.69, 9.17) is 37.0 Å². The second-order valence-electron chi connectivity index (χ2n) is 29.8. The van der Waals surface area contributed by atoms with Gasteiger partial charge in [-0.3, -0.25) is 37.3 Å². The number of phosphoric acid groups is 2. The fourth-order valence-electron chi connectivity index (χ4n) is 12.2. The quantitative estimate of drug-likeness (QED) is 0.0169. The molecule has 0 amide bonds. The summed E-state index contributed by atoms with van der Waals surface area (Å²) in [5, 5.41) is 10.6. The molecule has 19 heteroatoms. The Morgan fingerprint density at radius 2 is 0.535 bits per heavy atom. The van der Waals surface area contributed by atoms with Crippen molar-refractivity contribution in [2.45, 2.75) is 426 Å². The van der Waals surface area contributed by atoms with Gasteiger partial charge in [-0.2, -0.15) is 0 Å². The Balaban J connectivity index is 5.25. The van der Waals surface area contributed by atoms with E-state index in [0.29, 0.717) is 25.7 Å². The second kappa shape index (κ2) is 73.1. The number of carbonyl (C=O) groups excluding carboxylic acids is 4. The number of ether oxygens (including phenoxy) is 4. The third-order valence-electron chi connectivity index (χ3n) is 18.6. The Hall–Kier alpha value is -2.46. The Morgan fingerprint density at radius 1 is 0.307 bits per heavy atom. The van der Waals surface area contributed by atoms with Crippen LogP contribution in [0.25, 0.3) is 0 Å². The number of phosphoric ester groups is 2. The number of aliphatic hydroxyl groups is 1. The summed E-state index contributed by atoms with van der Waals surface area (Å²) in [4.78, 5) is 73.0. The van der Waals surface area contributed by atoms with Crippen molar-refractivity contribution in [3.05, 3.63) is 24.3 Å². The maximum Gasteiger partial charge on any atom is 0.472 e. The summed E-state index contributed by atoms with van der Waals surface area (Å²) in [6, 6.07) is 0. The van der Waals surface area contributed by atoms with Crippen molar-refractivity contribution in [1.29, 1.82) is 0 Å². The minimum atomic E-state index is -4.97. The van der Waals surface area contributed by atoms with Gasteiger partial charge in [-0.1, -0.05) is 355 Å². The number of esters is 4. The van der Waals surface area contributed by atoms with Gasteiger partial charge in [0.1, 0.15) is 19.3 Å². The molecule has 596 valence electrons. The lowest BCUT2D eigenvalue weighted by Crippen LogP contribution is -2.30. The van der Waals surface area contributed by atoms with Crippen LogP contribution in [0.1, 0.15) is 408 Å². The predicted octanol–water partition coefficient (Wildman–Crippen LogP) is 24.2. The van der Waals surface area contributed by atoms with Crippen LogP contribution in [0.3, 0.4) is 0 Å². The summed E-state index contributed by atoms with van der Waals surface area (Å²) >= 11 is 0. The normalized spacial score (nSPS) is 14.0. The molecule has 0 aliphatic rings. The molecular weight excluding hydrogens is 1320 g/mol. The van der Waals surface area contributed by atoms with Crippen molar-refractivity contribution in [1.82, 2.24) is 0 Å². The number of hydrogen-bond donors (Lipinski definition) is 3. The van der Waals surface area contributed by atoms with E-state index < -0.39 is 97.5 Å². The van der Waals surface area contributed by atoms with Crippen molar-refractivity contribution < 1.29 is 80.2 Å². The molecule has 0 aromatic rings. The van der Waals surface area contributed by atoms with E-state index in [9.17, 15) is 43.2 Å². The number of aliphatic hydroxyl groups excluding tert-OH is 1. The third-order valence-corrected chi connectivity index (χ3v) is 20.5.